The van der Waals surface area contributed by atoms with Crippen LogP contribution in [0, 0.1) is 11.8 Å². The first-order valence-corrected chi connectivity index (χ1v) is 7.37. The summed E-state index contributed by atoms with van der Waals surface area (Å²) in [5.41, 5.74) is 5.96. The van der Waals surface area contributed by atoms with Gasteiger partial charge in [-0.3, -0.25) is 14.4 Å². The lowest BCUT2D eigenvalue weighted by atomic mass is 9.92. The van der Waals surface area contributed by atoms with Crippen LogP contribution in [-0.4, -0.2) is 35.7 Å². The number of anilines is 1. The van der Waals surface area contributed by atoms with Crippen LogP contribution >= 0.6 is 0 Å². The van der Waals surface area contributed by atoms with Crippen LogP contribution in [0.4, 0.5) is 5.69 Å². The van der Waals surface area contributed by atoms with Gasteiger partial charge < -0.3 is 16.0 Å². The second kappa shape index (κ2) is 6.60. The normalized spacial score (nSPS) is 21.3. The third kappa shape index (κ3) is 3.84. The van der Waals surface area contributed by atoms with Crippen LogP contribution < -0.4 is 11.1 Å². The molecule has 1 aromatic rings. The molecule has 0 bridgehead atoms. The van der Waals surface area contributed by atoms with Crippen molar-refractivity contribution in [2.75, 3.05) is 18.4 Å². The molecular formula is C16H21N3O3. The Bertz CT molecular complexity index is 573. The van der Waals surface area contributed by atoms with E-state index in [1.54, 1.807) is 17.0 Å². The molecule has 0 aliphatic carbocycles. The Morgan fingerprint density at radius 3 is 2.14 bits per heavy atom. The lowest BCUT2D eigenvalue weighted by Crippen LogP contribution is -2.47. The standard InChI is InChI=1S/C16H21N3O3/c1-10-7-11(2)9-19(8-10)16(22)15(21)18-13-5-3-12(4-6-13)14(17)20/h3-6,10-11H,7-9H2,1-2H3,(H2,17,20)(H,18,21). The van der Waals surface area contributed by atoms with Crippen LogP contribution in [0.25, 0.3) is 0 Å². The van der Waals surface area contributed by atoms with E-state index in [9.17, 15) is 14.4 Å². The molecule has 0 saturated carbocycles. The molecule has 1 fully saturated rings. The fraction of sp³-hybridized carbons (Fsp3) is 0.438. The number of nitrogens with one attached hydrogen (secondary N) is 1. The molecule has 1 aliphatic rings. The zero-order chi connectivity index (χ0) is 16.3. The highest BCUT2D eigenvalue weighted by Crippen LogP contribution is 2.21. The molecule has 0 radical (unpaired) electrons. The summed E-state index contributed by atoms with van der Waals surface area (Å²) in [6.07, 6.45) is 1.07. The predicted octanol–water partition coefficient (Wildman–Crippen LogP) is 1.23. The molecule has 118 valence electrons. The van der Waals surface area contributed by atoms with E-state index in [-0.39, 0.29) is 0 Å². The van der Waals surface area contributed by atoms with Crippen LogP contribution in [0.15, 0.2) is 24.3 Å². The predicted molar refractivity (Wildman–Crippen MR) is 83.1 cm³/mol. The van der Waals surface area contributed by atoms with E-state index < -0.39 is 17.7 Å². The van der Waals surface area contributed by atoms with Crippen molar-refractivity contribution < 1.29 is 14.4 Å². The van der Waals surface area contributed by atoms with E-state index in [4.69, 9.17) is 5.73 Å². The van der Waals surface area contributed by atoms with Gasteiger partial charge >= 0.3 is 11.8 Å². The Labute approximate surface area is 129 Å². The first kappa shape index (κ1) is 16.0. The van der Waals surface area contributed by atoms with E-state index in [2.05, 4.69) is 19.2 Å². The maximum atomic E-state index is 12.2. The number of amides is 3. The van der Waals surface area contributed by atoms with Gasteiger partial charge in [0.2, 0.25) is 5.91 Å². The SMILES string of the molecule is CC1CC(C)CN(C(=O)C(=O)Nc2ccc(C(N)=O)cc2)C1. The third-order valence-corrected chi connectivity index (χ3v) is 3.78. The van der Waals surface area contributed by atoms with Crippen LogP contribution in [0.1, 0.15) is 30.6 Å². The monoisotopic (exact) mass is 303 g/mol. The Kier molecular flexibility index (Phi) is 4.80. The molecule has 1 aromatic carbocycles. The molecule has 1 saturated heterocycles. The minimum atomic E-state index is -0.659. The summed E-state index contributed by atoms with van der Waals surface area (Å²) in [5, 5.41) is 2.55. The Hall–Kier alpha value is -2.37. The van der Waals surface area contributed by atoms with E-state index in [0.717, 1.165) is 6.42 Å². The molecular weight excluding hydrogens is 282 g/mol. The molecule has 1 heterocycles. The maximum Gasteiger partial charge on any atom is 0.313 e. The number of likely N-dealkylation sites (tertiary alicyclic amines) is 1. The first-order chi connectivity index (χ1) is 10.4. The molecule has 6 heteroatoms. The van der Waals surface area contributed by atoms with Crippen molar-refractivity contribution in [3.05, 3.63) is 29.8 Å². The van der Waals surface area contributed by atoms with Crippen molar-refractivity contribution in [1.82, 2.24) is 4.90 Å². The van der Waals surface area contributed by atoms with E-state index >= 15 is 0 Å². The average molecular weight is 303 g/mol. The minimum absolute atomic E-state index is 0.350. The van der Waals surface area contributed by atoms with Crippen LogP contribution in [0.2, 0.25) is 0 Å². The highest BCUT2D eigenvalue weighted by atomic mass is 16.2. The Morgan fingerprint density at radius 2 is 1.64 bits per heavy atom. The minimum Gasteiger partial charge on any atom is -0.366 e. The van der Waals surface area contributed by atoms with Gasteiger partial charge in [0, 0.05) is 24.3 Å². The van der Waals surface area contributed by atoms with E-state index in [0.29, 0.717) is 36.2 Å². The van der Waals surface area contributed by atoms with Crippen molar-refractivity contribution in [3.63, 3.8) is 0 Å². The molecule has 2 rings (SSSR count). The number of hydrogen-bond donors (Lipinski definition) is 2. The zero-order valence-corrected chi connectivity index (χ0v) is 12.8. The number of piperidine rings is 1. The molecule has 22 heavy (non-hydrogen) atoms. The lowest BCUT2D eigenvalue weighted by Gasteiger charge is -2.34. The summed E-state index contributed by atoms with van der Waals surface area (Å²) in [4.78, 5) is 36.8. The number of primary amides is 1. The number of hydrogen-bond acceptors (Lipinski definition) is 3. The summed E-state index contributed by atoms with van der Waals surface area (Å²) in [6, 6.07) is 6.11. The number of carbonyl (C=O) groups is 3. The van der Waals surface area contributed by atoms with Gasteiger partial charge in [0.25, 0.3) is 0 Å². The van der Waals surface area contributed by atoms with Gasteiger partial charge in [-0.15, -0.1) is 0 Å². The Balaban J connectivity index is 1.99. The van der Waals surface area contributed by atoms with Gasteiger partial charge in [0.15, 0.2) is 0 Å². The fourth-order valence-corrected chi connectivity index (χ4v) is 2.87. The van der Waals surface area contributed by atoms with Gasteiger partial charge in [-0.25, -0.2) is 0 Å². The van der Waals surface area contributed by atoms with Crippen molar-refractivity contribution in [2.24, 2.45) is 17.6 Å². The molecule has 3 N–H and O–H groups in total. The number of nitrogens with two attached hydrogens (primary N) is 1. The first-order valence-electron chi connectivity index (χ1n) is 7.37. The van der Waals surface area contributed by atoms with Crippen LogP contribution in [0.3, 0.4) is 0 Å². The van der Waals surface area contributed by atoms with E-state index in [1.807, 2.05) is 0 Å². The van der Waals surface area contributed by atoms with Gasteiger partial charge in [-0.2, -0.15) is 0 Å². The van der Waals surface area contributed by atoms with Gasteiger partial charge in [-0.05, 0) is 42.5 Å². The largest absolute Gasteiger partial charge is 0.366 e. The summed E-state index contributed by atoms with van der Waals surface area (Å²) in [6.45, 7) is 5.38. The molecule has 6 nitrogen and oxygen atoms in total. The van der Waals surface area contributed by atoms with Crippen molar-refractivity contribution in [3.8, 4) is 0 Å². The average Bonchev–Trinajstić information content (AvgIpc) is 2.46. The zero-order valence-electron chi connectivity index (χ0n) is 12.8. The highest BCUT2D eigenvalue weighted by molar-refractivity contribution is 6.39. The van der Waals surface area contributed by atoms with Gasteiger partial charge in [0.05, 0.1) is 0 Å². The number of benzene rings is 1. The fourth-order valence-electron chi connectivity index (χ4n) is 2.87. The van der Waals surface area contributed by atoms with E-state index in [1.165, 1.54) is 12.1 Å². The summed E-state index contributed by atoms with van der Waals surface area (Å²) >= 11 is 0. The van der Waals surface area contributed by atoms with Crippen LogP contribution in [0.5, 0.6) is 0 Å². The maximum absolute atomic E-state index is 12.2. The molecule has 3 amide bonds. The topological polar surface area (TPSA) is 92.5 Å². The second-order valence-corrected chi connectivity index (χ2v) is 6.05. The smallest absolute Gasteiger partial charge is 0.313 e. The molecule has 0 aromatic heterocycles. The Morgan fingerprint density at radius 1 is 1.09 bits per heavy atom. The van der Waals surface area contributed by atoms with Crippen LogP contribution in [-0.2, 0) is 9.59 Å². The van der Waals surface area contributed by atoms with Crippen molar-refractivity contribution in [2.45, 2.75) is 20.3 Å². The summed E-state index contributed by atoms with van der Waals surface area (Å²) in [5.74, 6) is -0.915. The van der Waals surface area contributed by atoms with Gasteiger partial charge in [-0.1, -0.05) is 13.8 Å². The molecule has 0 spiro atoms. The second-order valence-electron chi connectivity index (χ2n) is 6.05. The van der Waals surface area contributed by atoms with Crippen molar-refractivity contribution in [1.29, 1.82) is 0 Å². The number of carbonyl (C=O) groups excluding carboxylic acids is 3. The van der Waals surface area contributed by atoms with Crippen molar-refractivity contribution >= 4 is 23.4 Å². The van der Waals surface area contributed by atoms with Gasteiger partial charge in [0.1, 0.15) is 0 Å². The molecule has 2 unspecified atom stereocenters. The summed E-state index contributed by atoms with van der Waals surface area (Å²) in [7, 11) is 0. The lowest BCUT2D eigenvalue weighted by molar-refractivity contribution is -0.144. The molecule has 2 atom stereocenters. The quantitative estimate of drug-likeness (QED) is 0.805. The number of rotatable bonds is 2. The highest BCUT2D eigenvalue weighted by Gasteiger charge is 2.29. The molecule has 1 aliphatic heterocycles. The third-order valence-electron chi connectivity index (χ3n) is 3.78. The number of nitrogens with zero attached hydrogens (tertiary/aromatic N) is 1. The summed E-state index contributed by atoms with van der Waals surface area (Å²) < 4.78 is 0.